The molecule has 0 unspecified atom stereocenters. The Morgan fingerprint density at radius 1 is 1.19 bits per heavy atom. The summed E-state index contributed by atoms with van der Waals surface area (Å²) in [5.41, 5.74) is 2.41. The molecule has 136 valence electrons. The van der Waals surface area contributed by atoms with Crippen molar-refractivity contribution in [2.45, 2.75) is 26.0 Å². The minimum atomic E-state index is -0.821. The van der Waals surface area contributed by atoms with Crippen LogP contribution in [0.5, 0.6) is 0 Å². The van der Waals surface area contributed by atoms with E-state index >= 15 is 0 Å². The van der Waals surface area contributed by atoms with E-state index in [1.807, 2.05) is 18.2 Å². The first-order valence-electron chi connectivity index (χ1n) is 8.58. The molecule has 0 spiro atoms. The molecule has 1 aliphatic rings. The van der Waals surface area contributed by atoms with Gasteiger partial charge < -0.3 is 14.5 Å². The summed E-state index contributed by atoms with van der Waals surface area (Å²) in [6, 6.07) is 9.79. The van der Waals surface area contributed by atoms with Crippen LogP contribution < -0.4 is 4.90 Å². The molecule has 0 saturated heterocycles. The lowest BCUT2D eigenvalue weighted by molar-refractivity contribution is -0.158. The number of fused-ring (bicyclic) bond motifs is 1. The molecule has 7 heteroatoms. The lowest BCUT2D eigenvalue weighted by Crippen LogP contribution is -2.43. The van der Waals surface area contributed by atoms with Crippen LogP contribution >= 0.6 is 0 Å². The maximum Gasteiger partial charge on any atom is 0.326 e. The zero-order chi connectivity index (χ0) is 18.5. The van der Waals surface area contributed by atoms with Crippen LogP contribution in [-0.2, 0) is 27.3 Å². The number of likely N-dealkylation sites (N-methyl/N-ethyl adjacent to an activating group) is 1. The van der Waals surface area contributed by atoms with Crippen molar-refractivity contribution in [3.63, 3.8) is 0 Å². The summed E-state index contributed by atoms with van der Waals surface area (Å²) in [6.07, 6.45) is 3.20. The van der Waals surface area contributed by atoms with Crippen LogP contribution in [0.15, 0.2) is 42.7 Å². The summed E-state index contributed by atoms with van der Waals surface area (Å²) < 4.78 is 5.32. The van der Waals surface area contributed by atoms with Gasteiger partial charge in [0, 0.05) is 32.5 Å². The Balaban J connectivity index is 1.53. The average Bonchev–Trinajstić information content (AvgIpc) is 2.67. The fourth-order valence-corrected chi connectivity index (χ4v) is 2.98. The van der Waals surface area contributed by atoms with Crippen LogP contribution in [0.1, 0.15) is 18.1 Å². The number of nitrogens with zero attached hydrogens (tertiary/aromatic N) is 4. The Labute approximate surface area is 152 Å². The largest absolute Gasteiger partial charge is 0.451 e. The van der Waals surface area contributed by atoms with Gasteiger partial charge in [-0.05, 0) is 30.5 Å². The van der Waals surface area contributed by atoms with Gasteiger partial charge in [0.25, 0.3) is 5.91 Å². The van der Waals surface area contributed by atoms with Gasteiger partial charge in [0.1, 0.15) is 6.54 Å². The Kier molecular flexibility index (Phi) is 5.46. The normalized spacial score (nSPS) is 14.3. The minimum absolute atomic E-state index is 0.0233. The molecule has 0 radical (unpaired) electrons. The molecule has 0 saturated carbocycles. The molecular weight excluding hydrogens is 332 g/mol. The number of hydrogen-bond acceptors (Lipinski definition) is 6. The SMILES string of the molecule is C[C@H](OC(=O)CN(C)c1ncccn1)C(=O)N1CCc2ccccc2C1. The molecule has 7 nitrogen and oxygen atoms in total. The molecule has 0 N–H and O–H groups in total. The molecule has 1 amide bonds. The number of rotatable bonds is 5. The molecule has 1 atom stereocenters. The third-order valence-electron chi connectivity index (χ3n) is 4.36. The monoisotopic (exact) mass is 354 g/mol. The Morgan fingerprint density at radius 2 is 1.88 bits per heavy atom. The van der Waals surface area contributed by atoms with Gasteiger partial charge in [-0.3, -0.25) is 9.59 Å². The molecule has 1 aromatic carbocycles. The second-order valence-electron chi connectivity index (χ2n) is 6.32. The summed E-state index contributed by atoms with van der Waals surface area (Å²) in [5.74, 6) is -0.235. The average molecular weight is 354 g/mol. The van der Waals surface area contributed by atoms with Crippen LogP contribution in [0.4, 0.5) is 5.95 Å². The summed E-state index contributed by atoms with van der Waals surface area (Å²) in [7, 11) is 1.70. The highest BCUT2D eigenvalue weighted by molar-refractivity contribution is 5.84. The predicted octanol–water partition coefficient (Wildman–Crippen LogP) is 1.43. The van der Waals surface area contributed by atoms with Crippen LogP contribution in [0.2, 0.25) is 0 Å². The lowest BCUT2D eigenvalue weighted by Gasteiger charge is -2.30. The van der Waals surface area contributed by atoms with Crippen LogP contribution in [-0.4, -0.2) is 53.0 Å². The van der Waals surface area contributed by atoms with Crippen LogP contribution in [0.3, 0.4) is 0 Å². The topological polar surface area (TPSA) is 75.6 Å². The molecular formula is C19H22N4O3. The predicted molar refractivity (Wildman–Crippen MR) is 96.4 cm³/mol. The zero-order valence-electron chi connectivity index (χ0n) is 15.0. The quantitative estimate of drug-likeness (QED) is 0.756. The Morgan fingerprint density at radius 3 is 2.62 bits per heavy atom. The van der Waals surface area contributed by atoms with Crippen molar-refractivity contribution in [1.29, 1.82) is 0 Å². The number of anilines is 1. The van der Waals surface area contributed by atoms with Crippen molar-refractivity contribution >= 4 is 17.8 Å². The van der Waals surface area contributed by atoms with E-state index in [9.17, 15) is 9.59 Å². The number of esters is 1. The summed E-state index contributed by atoms with van der Waals surface area (Å²) in [4.78, 5) is 36.2. The minimum Gasteiger partial charge on any atom is -0.451 e. The number of ether oxygens (including phenoxy) is 1. The number of carbonyl (C=O) groups is 2. The van der Waals surface area contributed by atoms with Gasteiger partial charge in [0.05, 0.1) is 0 Å². The summed E-state index contributed by atoms with van der Waals surface area (Å²) in [5, 5.41) is 0. The molecule has 1 aliphatic heterocycles. The van der Waals surface area contributed by atoms with E-state index in [-0.39, 0.29) is 12.5 Å². The summed E-state index contributed by atoms with van der Waals surface area (Å²) in [6.45, 7) is 2.77. The lowest BCUT2D eigenvalue weighted by atomic mass is 9.99. The number of carbonyl (C=O) groups excluding carboxylic acids is 2. The molecule has 0 bridgehead atoms. The van der Waals surface area contributed by atoms with Crippen LogP contribution in [0, 0.1) is 0 Å². The maximum absolute atomic E-state index is 12.6. The number of benzene rings is 1. The van der Waals surface area contributed by atoms with Gasteiger partial charge in [-0.2, -0.15) is 0 Å². The van der Waals surface area contributed by atoms with Crippen LogP contribution in [0.25, 0.3) is 0 Å². The highest BCUT2D eigenvalue weighted by atomic mass is 16.5. The Hall–Kier alpha value is -2.96. The van der Waals surface area contributed by atoms with Crippen molar-refractivity contribution in [3.8, 4) is 0 Å². The standard InChI is InChI=1S/C19H22N4O3/c1-14(26-17(24)13-22(2)19-20-9-5-10-21-19)18(25)23-11-8-15-6-3-4-7-16(15)12-23/h3-7,9-10,14H,8,11-13H2,1-2H3/t14-/m0/s1. The smallest absolute Gasteiger partial charge is 0.326 e. The third kappa shape index (κ3) is 4.17. The number of amides is 1. The van der Waals surface area contributed by atoms with Gasteiger partial charge in [0.2, 0.25) is 5.95 Å². The van der Waals surface area contributed by atoms with E-state index in [0.29, 0.717) is 19.0 Å². The molecule has 2 heterocycles. The van der Waals surface area contributed by atoms with Crippen molar-refractivity contribution in [2.75, 3.05) is 25.0 Å². The third-order valence-corrected chi connectivity index (χ3v) is 4.36. The highest BCUT2D eigenvalue weighted by Gasteiger charge is 2.27. The Bertz CT molecular complexity index is 781. The fourth-order valence-electron chi connectivity index (χ4n) is 2.98. The van der Waals surface area contributed by atoms with E-state index in [4.69, 9.17) is 4.74 Å². The van der Waals surface area contributed by atoms with Crippen molar-refractivity contribution < 1.29 is 14.3 Å². The van der Waals surface area contributed by atoms with Crippen molar-refractivity contribution in [3.05, 3.63) is 53.9 Å². The van der Waals surface area contributed by atoms with Gasteiger partial charge in [-0.1, -0.05) is 24.3 Å². The van der Waals surface area contributed by atoms with E-state index < -0.39 is 12.1 Å². The van der Waals surface area contributed by atoms with Gasteiger partial charge >= 0.3 is 5.97 Å². The van der Waals surface area contributed by atoms with Gasteiger partial charge in [0.15, 0.2) is 6.10 Å². The number of aromatic nitrogens is 2. The second kappa shape index (κ2) is 7.95. The number of hydrogen-bond donors (Lipinski definition) is 0. The molecule has 3 rings (SSSR count). The molecule has 0 fully saturated rings. The maximum atomic E-state index is 12.6. The molecule has 26 heavy (non-hydrogen) atoms. The van der Waals surface area contributed by atoms with E-state index in [0.717, 1.165) is 12.0 Å². The van der Waals surface area contributed by atoms with Gasteiger partial charge in [-0.25, -0.2) is 9.97 Å². The second-order valence-corrected chi connectivity index (χ2v) is 6.32. The fraction of sp³-hybridized carbons (Fsp3) is 0.368. The molecule has 0 aliphatic carbocycles. The molecule has 1 aromatic heterocycles. The van der Waals surface area contributed by atoms with E-state index in [1.54, 1.807) is 42.2 Å². The zero-order valence-corrected chi connectivity index (χ0v) is 15.0. The first-order chi connectivity index (χ1) is 12.5. The molecule has 2 aromatic rings. The van der Waals surface area contributed by atoms with Crippen molar-refractivity contribution in [1.82, 2.24) is 14.9 Å². The van der Waals surface area contributed by atoms with Crippen molar-refractivity contribution in [2.24, 2.45) is 0 Å². The first kappa shape index (κ1) is 17.8. The first-order valence-corrected chi connectivity index (χ1v) is 8.58. The highest BCUT2D eigenvalue weighted by Crippen LogP contribution is 2.19. The van der Waals surface area contributed by atoms with E-state index in [1.165, 1.54) is 5.56 Å². The van der Waals surface area contributed by atoms with Gasteiger partial charge in [-0.15, -0.1) is 0 Å². The summed E-state index contributed by atoms with van der Waals surface area (Å²) >= 11 is 0. The van der Waals surface area contributed by atoms with E-state index in [2.05, 4.69) is 16.0 Å².